The fraction of sp³-hybridized carbons (Fsp3) is 0.391. The van der Waals surface area contributed by atoms with Gasteiger partial charge >= 0.3 is 5.97 Å². The Morgan fingerprint density at radius 3 is 2.68 bits per heavy atom. The number of H-pyrrole nitrogens is 1. The Morgan fingerprint density at radius 2 is 2.00 bits per heavy atom. The molecule has 1 saturated heterocycles. The van der Waals surface area contributed by atoms with Crippen LogP contribution >= 0.6 is 0 Å². The lowest BCUT2D eigenvalue weighted by atomic mass is 10.1. The quantitative estimate of drug-likeness (QED) is 0.646. The van der Waals surface area contributed by atoms with Crippen molar-refractivity contribution in [1.29, 1.82) is 0 Å². The van der Waals surface area contributed by atoms with Gasteiger partial charge < -0.3 is 19.5 Å². The summed E-state index contributed by atoms with van der Waals surface area (Å²) in [6, 6.07) is 7.92. The van der Waals surface area contributed by atoms with E-state index in [1.807, 2.05) is 29.3 Å². The summed E-state index contributed by atoms with van der Waals surface area (Å²) < 4.78 is 5.10. The molecular formula is C23H29N5O3. The Balaban J connectivity index is 0.00000289. The Labute approximate surface area is 182 Å². The van der Waals surface area contributed by atoms with Crippen LogP contribution in [0.5, 0.6) is 0 Å². The lowest BCUT2D eigenvalue weighted by molar-refractivity contribution is -0.133. The topological polar surface area (TPSA) is 91.4 Å². The van der Waals surface area contributed by atoms with Gasteiger partial charge in [-0.3, -0.25) is 4.79 Å². The molecule has 1 aliphatic heterocycles. The fourth-order valence-corrected chi connectivity index (χ4v) is 4.42. The molecule has 164 valence electrons. The van der Waals surface area contributed by atoms with Crippen LogP contribution in [-0.2, 0) is 9.53 Å². The second-order valence-corrected chi connectivity index (χ2v) is 7.95. The van der Waals surface area contributed by atoms with E-state index in [9.17, 15) is 9.59 Å². The molecule has 1 aliphatic rings. The van der Waals surface area contributed by atoms with Gasteiger partial charge in [0.25, 0.3) is 0 Å². The maximum atomic E-state index is 12.1. The van der Waals surface area contributed by atoms with Crippen molar-refractivity contribution in [2.24, 2.45) is 0 Å². The maximum Gasteiger partial charge on any atom is 0.339 e. The molecule has 0 unspecified atom stereocenters. The van der Waals surface area contributed by atoms with E-state index in [0.29, 0.717) is 17.8 Å². The minimum atomic E-state index is -0.392. The molecule has 1 fully saturated rings. The molecule has 0 saturated carbocycles. The number of pyridine rings is 2. The van der Waals surface area contributed by atoms with E-state index in [2.05, 4.69) is 28.7 Å². The third-order valence-electron chi connectivity index (χ3n) is 5.66. The average Bonchev–Trinajstić information content (AvgIpc) is 3.16. The van der Waals surface area contributed by atoms with Crippen LogP contribution in [0.4, 0.5) is 5.82 Å². The first-order valence-corrected chi connectivity index (χ1v) is 10.5. The van der Waals surface area contributed by atoms with Crippen molar-refractivity contribution in [2.75, 3.05) is 24.6 Å². The Hall–Kier alpha value is -3.42. The first-order chi connectivity index (χ1) is 14.9. The molecule has 8 heteroatoms. The summed E-state index contributed by atoms with van der Waals surface area (Å²) >= 11 is 0. The largest absolute Gasteiger partial charge is 0.462 e. The van der Waals surface area contributed by atoms with Crippen LogP contribution in [0, 0.1) is 0 Å². The number of hydrogen-bond acceptors (Lipinski definition) is 6. The molecule has 8 nitrogen and oxygen atoms in total. The molecule has 0 aromatic carbocycles. The summed E-state index contributed by atoms with van der Waals surface area (Å²) in [4.78, 5) is 40.7. The Bertz CT molecular complexity index is 1120. The molecule has 0 bridgehead atoms. The van der Waals surface area contributed by atoms with Gasteiger partial charge in [0.05, 0.1) is 17.9 Å². The maximum absolute atomic E-state index is 12.1. The van der Waals surface area contributed by atoms with Crippen LogP contribution < -0.4 is 4.90 Å². The van der Waals surface area contributed by atoms with E-state index in [1.54, 1.807) is 19.9 Å². The Morgan fingerprint density at radius 1 is 1.26 bits per heavy atom. The lowest BCUT2D eigenvalue weighted by Gasteiger charge is -2.44. The summed E-state index contributed by atoms with van der Waals surface area (Å²) in [7, 11) is 0. The van der Waals surface area contributed by atoms with E-state index in [4.69, 9.17) is 9.72 Å². The minimum absolute atomic E-state index is 0. The summed E-state index contributed by atoms with van der Waals surface area (Å²) in [6.07, 6.45) is 3.37. The number of anilines is 1. The van der Waals surface area contributed by atoms with E-state index in [1.165, 1.54) is 6.20 Å². The number of esters is 1. The van der Waals surface area contributed by atoms with E-state index in [-0.39, 0.29) is 19.4 Å². The van der Waals surface area contributed by atoms with Gasteiger partial charge in [-0.1, -0.05) is 6.07 Å². The van der Waals surface area contributed by atoms with Crippen LogP contribution in [0.15, 0.2) is 36.7 Å². The van der Waals surface area contributed by atoms with Crippen molar-refractivity contribution in [1.82, 2.24) is 19.9 Å². The number of ether oxygens (including phenoxy) is 1. The first-order valence-electron chi connectivity index (χ1n) is 10.5. The van der Waals surface area contributed by atoms with Gasteiger partial charge in [0.15, 0.2) is 0 Å². The number of amides is 1. The third-order valence-corrected chi connectivity index (χ3v) is 5.66. The molecule has 2 atom stereocenters. The lowest BCUT2D eigenvalue weighted by Crippen LogP contribution is -2.58. The zero-order chi connectivity index (χ0) is 22.1. The number of carbonyl (C=O) groups excluding carboxylic acids is 2. The second kappa shape index (κ2) is 8.37. The normalized spacial score (nSPS) is 19.0. The van der Waals surface area contributed by atoms with Gasteiger partial charge in [0.1, 0.15) is 11.5 Å². The number of nitrogens with zero attached hydrogens (tertiary/aromatic N) is 4. The predicted octanol–water partition coefficient (Wildman–Crippen LogP) is 3.49. The highest BCUT2D eigenvalue weighted by Crippen LogP contribution is 2.29. The molecule has 0 radical (unpaired) electrons. The third kappa shape index (κ3) is 3.97. The zero-order valence-electron chi connectivity index (χ0n) is 18.3. The van der Waals surface area contributed by atoms with Gasteiger partial charge in [0.2, 0.25) is 5.91 Å². The highest BCUT2D eigenvalue weighted by Gasteiger charge is 2.31. The van der Waals surface area contributed by atoms with Crippen molar-refractivity contribution in [3.05, 3.63) is 42.2 Å². The molecule has 4 rings (SSSR count). The van der Waals surface area contributed by atoms with Crippen molar-refractivity contribution < 1.29 is 15.8 Å². The van der Waals surface area contributed by atoms with Gasteiger partial charge in [-0.05, 0) is 39.0 Å². The van der Waals surface area contributed by atoms with Crippen LogP contribution in [0.25, 0.3) is 22.3 Å². The highest BCUT2D eigenvalue weighted by molar-refractivity contribution is 5.98. The van der Waals surface area contributed by atoms with Gasteiger partial charge in [-0.15, -0.1) is 0 Å². The molecule has 4 heterocycles. The highest BCUT2D eigenvalue weighted by atomic mass is 16.5. The van der Waals surface area contributed by atoms with Crippen LogP contribution in [0.1, 0.15) is 39.5 Å². The second-order valence-electron chi connectivity index (χ2n) is 7.95. The standard InChI is InChI=1S/C23H27N5O3.H2/c1-5-31-23(30)17-9-18-19(11-25-22(18)24-10-17)20-7-6-8-21(26-20)27-12-14(2)28(16(4)29)15(3)13-27;/h6-11,14-15H,5,12-13H2,1-4H3,(H,24,25);1H/t14-,15+;. The molecular weight excluding hydrogens is 394 g/mol. The predicted molar refractivity (Wildman–Crippen MR) is 121 cm³/mol. The van der Waals surface area contributed by atoms with E-state index < -0.39 is 5.97 Å². The summed E-state index contributed by atoms with van der Waals surface area (Å²) in [5.74, 6) is 0.574. The molecule has 1 N–H and O–H groups in total. The number of aromatic nitrogens is 3. The van der Waals surface area contributed by atoms with Gasteiger partial charge in [-0.25, -0.2) is 14.8 Å². The van der Waals surface area contributed by atoms with E-state index >= 15 is 0 Å². The number of fused-ring (bicyclic) bond motifs is 1. The zero-order valence-corrected chi connectivity index (χ0v) is 18.3. The summed E-state index contributed by atoms with van der Waals surface area (Å²) in [5, 5.41) is 0.818. The molecule has 3 aromatic heterocycles. The van der Waals surface area contributed by atoms with Crippen LogP contribution in [-0.4, -0.2) is 63.5 Å². The van der Waals surface area contributed by atoms with Crippen LogP contribution in [0.2, 0.25) is 0 Å². The number of piperazine rings is 1. The molecule has 0 spiro atoms. The minimum Gasteiger partial charge on any atom is -0.462 e. The number of nitrogens with one attached hydrogen (secondary N) is 1. The number of carbonyl (C=O) groups is 2. The van der Waals surface area contributed by atoms with Crippen molar-refractivity contribution in [3.8, 4) is 11.3 Å². The monoisotopic (exact) mass is 423 g/mol. The van der Waals surface area contributed by atoms with Crippen LogP contribution in [0.3, 0.4) is 0 Å². The first kappa shape index (κ1) is 20.8. The van der Waals surface area contributed by atoms with E-state index in [0.717, 1.165) is 35.6 Å². The smallest absolute Gasteiger partial charge is 0.339 e. The summed E-state index contributed by atoms with van der Waals surface area (Å²) in [5.41, 5.74) is 2.77. The van der Waals surface area contributed by atoms with Gasteiger partial charge in [0, 0.05) is 56.9 Å². The number of hydrogen-bond donors (Lipinski definition) is 1. The Kier molecular flexibility index (Phi) is 5.63. The molecule has 0 aliphatic carbocycles. The SMILES string of the molecule is CCOC(=O)c1cnc2[nH]cc(-c3cccc(N4C[C@@H](C)N(C(C)=O)[C@@H](C)C4)n3)c2c1.[HH]. The fourth-order valence-electron chi connectivity index (χ4n) is 4.42. The average molecular weight is 424 g/mol. The van der Waals surface area contributed by atoms with Crippen molar-refractivity contribution in [3.63, 3.8) is 0 Å². The van der Waals surface area contributed by atoms with Crippen molar-refractivity contribution >= 4 is 28.7 Å². The molecule has 31 heavy (non-hydrogen) atoms. The van der Waals surface area contributed by atoms with Crippen molar-refractivity contribution in [2.45, 2.75) is 39.8 Å². The molecule has 3 aromatic rings. The molecule has 1 amide bonds. The van der Waals surface area contributed by atoms with Gasteiger partial charge in [-0.2, -0.15) is 0 Å². The number of aromatic amines is 1. The summed E-state index contributed by atoms with van der Waals surface area (Å²) in [6.45, 7) is 9.29. The number of rotatable bonds is 4.